The Bertz CT molecular complexity index is 530. The molecular weight excluding hydrogens is 256 g/mol. The Kier molecular flexibility index (Phi) is 2.85. The topological polar surface area (TPSA) is 17.1 Å². The lowest BCUT2D eigenvalue weighted by Crippen LogP contribution is -2.51. The lowest BCUT2D eigenvalue weighted by Gasteiger charge is -2.58. The molecule has 3 saturated carbocycles. The van der Waals surface area contributed by atoms with Crippen molar-refractivity contribution in [2.75, 3.05) is 0 Å². The van der Waals surface area contributed by atoms with E-state index < -0.39 is 0 Å². The maximum Gasteiger partial charge on any atom is 0.155 e. The molecule has 0 aliphatic heterocycles. The molecule has 0 saturated heterocycles. The first-order chi connectivity index (χ1) is 9.94. The van der Waals surface area contributed by atoms with Crippen molar-refractivity contribution in [3.63, 3.8) is 0 Å². The lowest BCUT2D eigenvalue weighted by atomic mass is 9.46. The minimum absolute atomic E-state index is 0.265. The number of hydrogen-bond donors (Lipinski definition) is 0. The first-order valence-corrected chi connectivity index (χ1v) is 8.84. The van der Waals surface area contributed by atoms with Gasteiger partial charge < -0.3 is 0 Å². The third-order valence-corrected chi connectivity index (χ3v) is 7.78. The Morgan fingerprint density at radius 2 is 2.00 bits per heavy atom. The van der Waals surface area contributed by atoms with Crippen LogP contribution >= 0.6 is 0 Å². The molecule has 0 spiro atoms. The second kappa shape index (κ2) is 4.33. The van der Waals surface area contributed by atoms with Gasteiger partial charge in [0.25, 0.3) is 0 Å². The second-order valence-corrected chi connectivity index (χ2v) is 8.74. The minimum atomic E-state index is 0.265. The van der Waals surface area contributed by atoms with Crippen LogP contribution in [0.25, 0.3) is 0 Å². The Hall–Kier alpha value is -0.850. The largest absolute Gasteiger partial charge is 0.295 e. The van der Waals surface area contributed by atoms with E-state index in [2.05, 4.69) is 26.5 Å². The van der Waals surface area contributed by atoms with Crippen LogP contribution in [0.3, 0.4) is 0 Å². The molecule has 0 aromatic carbocycles. The van der Waals surface area contributed by atoms with Crippen molar-refractivity contribution in [1.82, 2.24) is 0 Å². The van der Waals surface area contributed by atoms with Crippen LogP contribution in [-0.2, 0) is 4.79 Å². The summed E-state index contributed by atoms with van der Waals surface area (Å²) >= 11 is 0. The predicted molar refractivity (Wildman–Crippen MR) is 85.8 cm³/mol. The molecule has 0 bridgehead atoms. The average molecular weight is 284 g/mol. The highest BCUT2D eigenvalue weighted by Crippen LogP contribution is 2.65. The lowest BCUT2D eigenvalue weighted by molar-refractivity contribution is -0.121. The normalized spacial score (nSPS) is 52.3. The van der Waals surface area contributed by atoms with Gasteiger partial charge in [0.2, 0.25) is 0 Å². The highest BCUT2D eigenvalue weighted by Gasteiger charge is 2.57. The van der Waals surface area contributed by atoms with Gasteiger partial charge in [0.1, 0.15) is 0 Å². The fourth-order valence-electron chi connectivity index (χ4n) is 6.59. The predicted octanol–water partition coefficient (Wildman–Crippen LogP) is 4.93. The van der Waals surface area contributed by atoms with Gasteiger partial charge in [-0.15, -0.1) is 0 Å². The fraction of sp³-hybridized carbons (Fsp3) is 0.750. The van der Waals surface area contributed by atoms with E-state index in [-0.39, 0.29) is 5.41 Å². The van der Waals surface area contributed by atoms with Crippen LogP contribution in [0.15, 0.2) is 24.3 Å². The second-order valence-electron chi connectivity index (χ2n) is 8.74. The van der Waals surface area contributed by atoms with E-state index in [0.717, 1.165) is 24.2 Å². The zero-order valence-corrected chi connectivity index (χ0v) is 13.5. The Morgan fingerprint density at radius 3 is 2.81 bits per heavy atom. The fourth-order valence-corrected chi connectivity index (χ4v) is 6.59. The van der Waals surface area contributed by atoms with Gasteiger partial charge in [0.15, 0.2) is 5.78 Å². The van der Waals surface area contributed by atoms with Gasteiger partial charge in [-0.3, -0.25) is 4.79 Å². The summed E-state index contributed by atoms with van der Waals surface area (Å²) < 4.78 is 0. The number of carbonyl (C=O) groups excluding carboxylic acids is 1. The van der Waals surface area contributed by atoms with E-state index in [1.807, 2.05) is 6.08 Å². The molecule has 4 rings (SSSR count). The Labute approximate surface area is 128 Å². The number of carbonyl (C=O) groups is 1. The standard InChI is InChI=1S/C20H28O/c1-13-6-9-19(2)10-8-17-16(18(13)19)5-4-14-12-15(21)7-11-20(14,17)3/h7,11,14,16-18H,1,4-6,8-10,12H2,2-3H3/t14?,16-,17-,18+,19+,20+/m1/s1. The minimum Gasteiger partial charge on any atom is -0.295 e. The van der Waals surface area contributed by atoms with Crippen molar-refractivity contribution in [3.8, 4) is 0 Å². The maximum atomic E-state index is 11.8. The Morgan fingerprint density at radius 1 is 1.19 bits per heavy atom. The van der Waals surface area contributed by atoms with Gasteiger partial charge in [-0.05, 0) is 79.1 Å². The molecule has 1 heteroatoms. The van der Waals surface area contributed by atoms with Crippen LogP contribution in [-0.4, -0.2) is 5.78 Å². The summed E-state index contributed by atoms with van der Waals surface area (Å²) in [5.74, 6) is 3.28. The van der Waals surface area contributed by atoms with Crippen LogP contribution in [0, 0.1) is 34.5 Å². The molecule has 4 aliphatic rings. The third-order valence-electron chi connectivity index (χ3n) is 7.78. The average Bonchev–Trinajstić information content (AvgIpc) is 2.76. The molecule has 21 heavy (non-hydrogen) atoms. The number of ketones is 1. The van der Waals surface area contributed by atoms with Gasteiger partial charge in [0, 0.05) is 6.42 Å². The first-order valence-electron chi connectivity index (χ1n) is 8.84. The molecule has 0 aromatic rings. The number of rotatable bonds is 0. The maximum absolute atomic E-state index is 11.8. The molecular formula is C20H28O. The summed E-state index contributed by atoms with van der Waals surface area (Å²) in [6.45, 7) is 9.40. The number of hydrogen-bond acceptors (Lipinski definition) is 1. The molecule has 6 atom stereocenters. The van der Waals surface area contributed by atoms with Crippen molar-refractivity contribution >= 4 is 5.78 Å². The van der Waals surface area contributed by atoms with Gasteiger partial charge in [-0.1, -0.05) is 32.1 Å². The van der Waals surface area contributed by atoms with E-state index in [1.54, 1.807) is 0 Å². The van der Waals surface area contributed by atoms with Crippen molar-refractivity contribution < 1.29 is 4.79 Å². The number of fused-ring (bicyclic) bond motifs is 5. The van der Waals surface area contributed by atoms with E-state index >= 15 is 0 Å². The molecule has 0 aromatic heterocycles. The van der Waals surface area contributed by atoms with Crippen molar-refractivity contribution in [1.29, 1.82) is 0 Å². The van der Waals surface area contributed by atoms with Gasteiger partial charge >= 0.3 is 0 Å². The molecule has 0 radical (unpaired) electrons. The van der Waals surface area contributed by atoms with E-state index in [1.165, 1.54) is 44.1 Å². The summed E-state index contributed by atoms with van der Waals surface area (Å²) in [7, 11) is 0. The zero-order valence-electron chi connectivity index (χ0n) is 13.5. The van der Waals surface area contributed by atoms with Crippen LogP contribution in [0.4, 0.5) is 0 Å². The van der Waals surface area contributed by atoms with E-state index in [0.29, 0.717) is 17.1 Å². The van der Waals surface area contributed by atoms with Crippen molar-refractivity contribution in [2.24, 2.45) is 34.5 Å². The molecule has 3 fully saturated rings. The van der Waals surface area contributed by atoms with E-state index in [4.69, 9.17) is 0 Å². The molecule has 0 amide bonds. The van der Waals surface area contributed by atoms with Gasteiger partial charge in [-0.25, -0.2) is 0 Å². The smallest absolute Gasteiger partial charge is 0.155 e. The van der Waals surface area contributed by atoms with Gasteiger partial charge in [-0.2, -0.15) is 0 Å². The highest BCUT2D eigenvalue weighted by atomic mass is 16.1. The van der Waals surface area contributed by atoms with E-state index in [9.17, 15) is 4.79 Å². The summed E-state index contributed by atoms with van der Waals surface area (Å²) in [5, 5.41) is 0. The first kappa shape index (κ1) is 13.8. The van der Waals surface area contributed by atoms with Crippen molar-refractivity contribution in [2.45, 2.75) is 58.8 Å². The Balaban J connectivity index is 1.72. The highest BCUT2D eigenvalue weighted by molar-refractivity contribution is 5.91. The number of allylic oxidation sites excluding steroid dienone is 3. The third kappa shape index (κ3) is 1.79. The molecule has 114 valence electrons. The summed E-state index contributed by atoms with van der Waals surface area (Å²) in [4.78, 5) is 11.8. The monoisotopic (exact) mass is 284 g/mol. The van der Waals surface area contributed by atoms with Crippen LogP contribution < -0.4 is 0 Å². The van der Waals surface area contributed by atoms with Crippen LogP contribution in [0.1, 0.15) is 58.8 Å². The van der Waals surface area contributed by atoms with Crippen LogP contribution in [0.5, 0.6) is 0 Å². The zero-order chi connectivity index (χ0) is 14.8. The molecule has 0 heterocycles. The quantitative estimate of drug-likeness (QED) is 0.576. The summed E-state index contributed by atoms with van der Waals surface area (Å²) in [5.41, 5.74) is 2.32. The summed E-state index contributed by atoms with van der Waals surface area (Å²) in [6, 6.07) is 0. The van der Waals surface area contributed by atoms with Gasteiger partial charge in [0.05, 0.1) is 0 Å². The molecule has 4 aliphatic carbocycles. The SMILES string of the molecule is C=C1CC[C@@]2(C)CC[C@@H]3[C@@H](CCC4CC(=O)C=C[C@@]43C)[C@H]12. The molecule has 1 unspecified atom stereocenters. The van der Waals surface area contributed by atoms with Crippen LogP contribution in [0.2, 0.25) is 0 Å². The molecule has 0 N–H and O–H groups in total. The molecule has 1 nitrogen and oxygen atoms in total. The van der Waals surface area contributed by atoms with Crippen molar-refractivity contribution in [3.05, 3.63) is 24.3 Å². The summed E-state index contributed by atoms with van der Waals surface area (Å²) in [6.07, 6.45) is 12.9.